The lowest BCUT2D eigenvalue weighted by Crippen LogP contribution is -2.02. The molecule has 0 aromatic rings. The number of esters is 1. The summed E-state index contributed by atoms with van der Waals surface area (Å²) in [4.78, 5) is 11.0. The van der Waals surface area contributed by atoms with Crippen molar-refractivity contribution in [2.75, 3.05) is 7.11 Å². The van der Waals surface area contributed by atoms with E-state index in [9.17, 15) is 4.79 Å². The van der Waals surface area contributed by atoms with Crippen molar-refractivity contribution in [1.29, 1.82) is 0 Å². The molecule has 0 heterocycles. The maximum atomic E-state index is 11.0. The van der Waals surface area contributed by atoms with E-state index in [0.29, 0.717) is 0 Å². The molecule has 0 saturated heterocycles. The highest BCUT2D eigenvalue weighted by atomic mass is 16.5. The van der Waals surface area contributed by atoms with Crippen molar-refractivity contribution >= 4 is 5.97 Å². The highest BCUT2D eigenvalue weighted by Gasteiger charge is 2.03. The summed E-state index contributed by atoms with van der Waals surface area (Å²) in [5, 5.41) is 0. The number of rotatable bonds is 4. The Morgan fingerprint density at radius 3 is 2.73 bits per heavy atom. The molecule has 0 aliphatic heterocycles. The van der Waals surface area contributed by atoms with Crippen molar-refractivity contribution in [3.8, 4) is 24.2 Å². The largest absolute Gasteiger partial charge is 0.465 e. The minimum Gasteiger partial charge on any atom is -0.465 e. The van der Waals surface area contributed by atoms with Crippen molar-refractivity contribution in [3.05, 3.63) is 11.6 Å². The fourth-order valence-electron chi connectivity index (χ4n) is 0.928. The van der Waals surface area contributed by atoms with Crippen LogP contribution < -0.4 is 0 Å². The summed E-state index contributed by atoms with van der Waals surface area (Å²) in [6.45, 7) is 2.14. The maximum absolute atomic E-state index is 11.0. The normalized spacial score (nSPS) is 9.80. The van der Waals surface area contributed by atoms with Gasteiger partial charge in [0.25, 0.3) is 0 Å². The summed E-state index contributed by atoms with van der Waals surface area (Å²) < 4.78 is 4.48. The number of methoxy groups -OCH3 is 1. The summed E-state index contributed by atoms with van der Waals surface area (Å²) in [6.07, 6.45) is 10.8. The Morgan fingerprint density at radius 1 is 1.47 bits per heavy atom. The number of carbonyl (C=O) groups is 1. The molecule has 2 heteroatoms. The standard InChI is InChI=1S/C13H16O2/c1-4-6-7-8-9-10-11-12(5-2)13(14)15-3/h2,11H,4,6-8H2,1,3H3/b12-11+. The second-order valence-corrected chi connectivity index (χ2v) is 2.97. The molecule has 0 aliphatic carbocycles. The minimum absolute atomic E-state index is 0.167. The molecule has 0 radical (unpaired) electrons. The zero-order chi connectivity index (χ0) is 11.5. The first kappa shape index (κ1) is 13.3. The van der Waals surface area contributed by atoms with Gasteiger partial charge in [-0.3, -0.25) is 0 Å². The van der Waals surface area contributed by atoms with Crippen molar-refractivity contribution in [1.82, 2.24) is 0 Å². The lowest BCUT2D eigenvalue weighted by molar-refractivity contribution is -0.135. The van der Waals surface area contributed by atoms with Gasteiger partial charge in [-0.05, 0) is 6.42 Å². The lowest BCUT2D eigenvalue weighted by Gasteiger charge is -1.93. The Kier molecular flexibility index (Phi) is 7.92. The van der Waals surface area contributed by atoms with Crippen LogP contribution in [0.25, 0.3) is 0 Å². The van der Waals surface area contributed by atoms with Crippen LogP contribution in [0.2, 0.25) is 0 Å². The molecule has 0 aromatic heterocycles. The van der Waals surface area contributed by atoms with Crippen LogP contribution in [0.15, 0.2) is 11.6 Å². The van der Waals surface area contributed by atoms with Crippen LogP contribution >= 0.6 is 0 Å². The molecule has 0 rings (SSSR count). The molecule has 0 N–H and O–H groups in total. The number of ether oxygens (including phenoxy) is 1. The molecule has 0 unspecified atom stereocenters. The number of unbranched alkanes of at least 4 members (excludes halogenated alkanes) is 3. The molecule has 15 heavy (non-hydrogen) atoms. The Morgan fingerprint density at radius 2 is 2.20 bits per heavy atom. The molecule has 0 atom stereocenters. The molecule has 80 valence electrons. The van der Waals surface area contributed by atoms with Crippen LogP contribution in [0.1, 0.15) is 32.6 Å². The van der Waals surface area contributed by atoms with Crippen molar-refractivity contribution in [2.45, 2.75) is 32.6 Å². The van der Waals surface area contributed by atoms with Gasteiger partial charge in [0.2, 0.25) is 0 Å². The summed E-state index contributed by atoms with van der Waals surface area (Å²) >= 11 is 0. The quantitative estimate of drug-likeness (QED) is 0.304. The molecule has 0 aliphatic rings. The van der Waals surface area contributed by atoms with Crippen LogP contribution in [-0.4, -0.2) is 13.1 Å². The number of terminal acetylenes is 1. The van der Waals surface area contributed by atoms with Gasteiger partial charge in [0.15, 0.2) is 0 Å². The predicted molar refractivity (Wildman–Crippen MR) is 60.9 cm³/mol. The smallest absolute Gasteiger partial charge is 0.347 e. The Labute approximate surface area is 91.7 Å². The summed E-state index contributed by atoms with van der Waals surface area (Å²) in [7, 11) is 1.29. The highest BCUT2D eigenvalue weighted by molar-refractivity contribution is 5.93. The van der Waals surface area contributed by atoms with Gasteiger partial charge in [-0.1, -0.05) is 37.5 Å². The van der Waals surface area contributed by atoms with Gasteiger partial charge in [0.05, 0.1) is 7.11 Å². The van der Waals surface area contributed by atoms with Gasteiger partial charge in [-0.2, -0.15) is 0 Å². The lowest BCUT2D eigenvalue weighted by atomic mass is 10.2. The molecule has 0 bridgehead atoms. The van der Waals surface area contributed by atoms with Gasteiger partial charge in [-0.25, -0.2) is 4.79 Å². The van der Waals surface area contributed by atoms with Gasteiger partial charge in [0, 0.05) is 12.5 Å². The van der Waals surface area contributed by atoms with E-state index in [2.05, 4.69) is 29.4 Å². The van der Waals surface area contributed by atoms with E-state index in [1.807, 2.05) is 0 Å². The zero-order valence-electron chi connectivity index (χ0n) is 9.30. The average Bonchev–Trinajstić information content (AvgIpc) is 2.27. The second kappa shape index (κ2) is 8.91. The number of hydrogen-bond acceptors (Lipinski definition) is 2. The van der Waals surface area contributed by atoms with E-state index < -0.39 is 5.97 Å². The van der Waals surface area contributed by atoms with E-state index in [4.69, 9.17) is 6.42 Å². The van der Waals surface area contributed by atoms with Crippen molar-refractivity contribution in [3.63, 3.8) is 0 Å². The topological polar surface area (TPSA) is 26.3 Å². The molecule has 0 aromatic carbocycles. The Bertz CT molecular complexity index is 321. The third-order valence-corrected chi connectivity index (χ3v) is 1.78. The number of allylic oxidation sites excluding steroid dienone is 1. The van der Waals surface area contributed by atoms with Crippen LogP contribution in [0, 0.1) is 24.2 Å². The maximum Gasteiger partial charge on any atom is 0.347 e. The second-order valence-electron chi connectivity index (χ2n) is 2.97. The van der Waals surface area contributed by atoms with Crippen molar-refractivity contribution in [2.24, 2.45) is 0 Å². The predicted octanol–water partition coefficient (Wildman–Crippen LogP) is 2.30. The Hall–Kier alpha value is -1.67. The molecular formula is C13H16O2. The van der Waals surface area contributed by atoms with Crippen molar-refractivity contribution < 1.29 is 9.53 Å². The van der Waals surface area contributed by atoms with Gasteiger partial charge in [-0.15, -0.1) is 6.42 Å². The minimum atomic E-state index is -0.514. The molecule has 0 amide bonds. The van der Waals surface area contributed by atoms with Gasteiger partial charge < -0.3 is 4.74 Å². The molecule has 2 nitrogen and oxygen atoms in total. The third-order valence-electron chi connectivity index (χ3n) is 1.78. The Balaban J connectivity index is 4.12. The molecular weight excluding hydrogens is 188 g/mol. The van der Waals surface area contributed by atoms with Crippen LogP contribution in [0.5, 0.6) is 0 Å². The number of carbonyl (C=O) groups excluding carboxylic acids is 1. The van der Waals surface area contributed by atoms with Crippen LogP contribution in [-0.2, 0) is 9.53 Å². The highest BCUT2D eigenvalue weighted by Crippen LogP contribution is 1.97. The summed E-state index contributed by atoms with van der Waals surface area (Å²) in [6, 6.07) is 0. The zero-order valence-corrected chi connectivity index (χ0v) is 9.30. The molecule has 0 saturated carbocycles. The van der Waals surface area contributed by atoms with Crippen LogP contribution in [0.4, 0.5) is 0 Å². The van der Waals surface area contributed by atoms with E-state index in [1.165, 1.54) is 26.0 Å². The third kappa shape index (κ3) is 6.41. The fourth-order valence-corrected chi connectivity index (χ4v) is 0.928. The fraction of sp³-hybridized carbons (Fsp3) is 0.462. The SMILES string of the molecule is C#C/C(=C\C#CCCCCC)C(=O)OC. The first-order valence-electron chi connectivity index (χ1n) is 4.99. The van der Waals surface area contributed by atoms with E-state index >= 15 is 0 Å². The monoisotopic (exact) mass is 204 g/mol. The summed E-state index contributed by atoms with van der Waals surface area (Å²) in [5.74, 6) is 7.41. The van der Waals surface area contributed by atoms with E-state index in [-0.39, 0.29) is 5.57 Å². The van der Waals surface area contributed by atoms with Gasteiger partial charge >= 0.3 is 5.97 Å². The average molecular weight is 204 g/mol. The van der Waals surface area contributed by atoms with Crippen LogP contribution in [0.3, 0.4) is 0 Å². The van der Waals surface area contributed by atoms with E-state index in [0.717, 1.165) is 12.8 Å². The number of hydrogen-bond donors (Lipinski definition) is 0. The molecule has 0 spiro atoms. The first-order valence-corrected chi connectivity index (χ1v) is 4.99. The molecule has 0 fully saturated rings. The first-order chi connectivity index (χ1) is 7.26. The van der Waals surface area contributed by atoms with Gasteiger partial charge in [0.1, 0.15) is 5.57 Å². The van der Waals surface area contributed by atoms with E-state index in [1.54, 1.807) is 0 Å². The summed E-state index contributed by atoms with van der Waals surface area (Å²) in [5.41, 5.74) is 0.167.